The monoisotopic (exact) mass is 484 g/mol. The number of rotatable bonds is 5. The summed E-state index contributed by atoms with van der Waals surface area (Å²) in [4.78, 5) is 24.4. The number of carbonyl (C=O) groups is 2. The summed E-state index contributed by atoms with van der Waals surface area (Å²) in [5.74, 6) is 1.49. The fourth-order valence-corrected chi connectivity index (χ4v) is 9.06. The Morgan fingerprint density at radius 3 is 2.49 bits per heavy atom. The molecule has 1 aliphatic heterocycles. The van der Waals surface area contributed by atoms with Crippen LogP contribution in [0.25, 0.3) is 0 Å². The second-order valence-electron chi connectivity index (χ2n) is 13.5. The van der Waals surface area contributed by atoms with Crippen molar-refractivity contribution >= 4 is 11.8 Å². The molecule has 0 aromatic carbocycles. The van der Waals surface area contributed by atoms with Gasteiger partial charge in [0.1, 0.15) is 6.10 Å². The molecule has 1 heterocycles. The molecule has 4 fully saturated rings. The lowest BCUT2D eigenvalue weighted by molar-refractivity contribution is -0.164. The highest BCUT2D eigenvalue weighted by molar-refractivity contribution is 6.01. The molecule has 0 amide bonds. The normalized spacial score (nSPS) is 47.1. The highest BCUT2D eigenvalue weighted by Gasteiger charge is 2.64. The Hall–Kier alpha value is -1.46. The molecule has 0 unspecified atom stereocenters. The summed E-state index contributed by atoms with van der Waals surface area (Å²) in [5.41, 5.74) is 0.668. The first-order chi connectivity index (χ1) is 16.2. The lowest BCUT2D eigenvalue weighted by Crippen LogP contribution is -2.56. The highest BCUT2D eigenvalue weighted by atomic mass is 16.6. The first-order valence-corrected chi connectivity index (χ1v) is 13.7. The summed E-state index contributed by atoms with van der Waals surface area (Å²) in [5, 5.41) is 11.3. The number of ether oxygens (including phenoxy) is 2. The second-order valence-corrected chi connectivity index (χ2v) is 13.5. The number of esters is 1. The molecule has 1 saturated heterocycles. The minimum absolute atomic E-state index is 0.0402. The van der Waals surface area contributed by atoms with E-state index in [1.807, 2.05) is 0 Å². The summed E-state index contributed by atoms with van der Waals surface area (Å²) in [6.07, 6.45) is 10.8. The van der Waals surface area contributed by atoms with Crippen molar-refractivity contribution in [2.75, 3.05) is 0 Å². The Labute approximate surface area is 210 Å². The summed E-state index contributed by atoms with van der Waals surface area (Å²) >= 11 is 0. The molecule has 0 aromatic rings. The van der Waals surface area contributed by atoms with Gasteiger partial charge < -0.3 is 14.6 Å². The third kappa shape index (κ3) is 3.79. The first kappa shape index (κ1) is 25.2. The van der Waals surface area contributed by atoms with Gasteiger partial charge in [-0.3, -0.25) is 9.59 Å². The molecule has 3 saturated carbocycles. The van der Waals surface area contributed by atoms with Crippen molar-refractivity contribution in [1.29, 1.82) is 0 Å². The number of aliphatic hydroxyl groups excluding tert-OH is 1. The van der Waals surface area contributed by atoms with Crippen molar-refractivity contribution in [1.82, 2.24) is 0 Å². The molecule has 35 heavy (non-hydrogen) atoms. The van der Waals surface area contributed by atoms with Crippen LogP contribution in [-0.4, -0.2) is 40.3 Å². The van der Waals surface area contributed by atoms with E-state index in [4.69, 9.17) is 9.47 Å². The number of epoxide rings is 1. The first-order valence-electron chi connectivity index (χ1n) is 13.7. The van der Waals surface area contributed by atoms with Gasteiger partial charge >= 0.3 is 5.97 Å². The molecular weight excluding hydrogens is 440 g/mol. The third-order valence-corrected chi connectivity index (χ3v) is 11.5. The van der Waals surface area contributed by atoms with E-state index in [2.05, 4.69) is 47.6 Å². The van der Waals surface area contributed by atoms with Gasteiger partial charge in [0, 0.05) is 31.1 Å². The van der Waals surface area contributed by atoms with Crippen molar-refractivity contribution in [2.24, 2.45) is 40.4 Å². The smallest absolute Gasteiger partial charge is 0.302 e. The molecule has 5 heteroatoms. The maximum atomic E-state index is 12.2. The zero-order chi connectivity index (χ0) is 25.6. The average Bonchev–Trinajstić information content (AvgIpc) is 3.07. The molecule has 0 aromatic heterocycles. The predicted octanol–water partition coefficient (Wildman–Crippen LogP) is 5.41. The Kier molecular flexibility index (Phi) is 5.77. The Morgan fingerprint density at radius 2 is 1.86 bits per heavy atom. The van der Waals surface area contributed by atoms with E-state index < -0.39 is 6.10 Å². The van der Waals surface area contributed by atoms with E-state index in [0.29, 0.717) is 30.6 Å². The summed E-state index contributed by atoms with van der Waals surface area (Å²) in [7, 11) is 0. The van der Waals surface area contributed by atoms with Crippen molar-refractivity contribution < 1.29 is 24.2 Å². The van der Waals surface area contributed by atoms with Crippen molar-refractivity contribution in [3.8, 4) is 0 Å². The maximum absolute atomic E-state index is 12.2. The molecular formula is C30H44O5. The zero-order valence-electron chi connectivity index (χ0n) is 22.6. The molecule has 4 aliphatic carbocycles. The van der Waals surface area contributed by atoms with Crippen LogP contribution < -0.4 is 0 Å². The third-order valence-electron chi connectivity index (χ3n) is 11.5. The molecule has 5 rings (SSSR count). The fourth-order valence-electron chi connectivity index (χ4n) is 9.06. The van der Waals surface area contributed by atoms with Gasteiger partial charge in [-0.1, -0.05) is 32.4 Å². The van der Waals surface area contributed by atoms with E-state index in [0.717, 1.165) is 31.3 Å². The highest BCUT2D eigenvalue weighted by Crippen LogP contribution is 2.67. The van der Waals surface area contributed by atoms with Crippen LogP contribution in [0.15, 0.2) is 23.8 Å². The number of carbonyl (C=O) groups excluding carboxylic acids is 2. The molecule has 10 atom stereocenters. The maximum Gasteiger partial charge on any atom is 0.302 e. The van der Waals surface area contributed by atoms with Crippen LogP contribution in [0, 0.1) is 40.4 Å². The topological polar surface area (TPSA) is 76.1 Å². The number of hydrogen-bond acceptors (Lipinski definition) is 5. The van der Waals surface area contributed by atoms with Crippen molar-refractivity contribution in [3.05, 3.63) is 23.8 Å². The molecule has 0 spiro atoms. The van der Waals surface area contributed by atoms with Crippen LogP contribution in [0.5, 0.6) is 0 Å². The minimum Gasteiger partial charge on any atom is -0.462 e. The SMILES string of the molecule is CC(=O)O[C@@H]1CC2=CC(=O)C=C[C@]2(C)[C@H]2CC[C@]3(C)[C@@H]([C@H](C)[C@@H](O)C[C@]4(C)OC4(C)C)CC[C@H]3[C@H]12. The standard InChI is InChI=1S/C30H44O5/c1-17(24(33)16-30(7)27(3,4)35-30)21-8-9-22-26-23(11-13-29(21,22)6)28(5)12-10-20(32)14-19(28)15-25(26)34-18(2)31/h10,12,14,17,21-26,33H,8-9,11,13,15-16H2,1-7H3/t17-,21+,22-,23-,24-,25+,26-,28-,29+,30-/m0/s1. The largest absolute Gasteiger partial charge is 0.462 e. The Morgan fingerprint density at radius 1 is 1.17 bits per heavy atom. The van der Waals surface area contributed by atoms with Crippen LogP contribution in [0.4, 0.5) is 0 Å². The number of hydrogen-bond donors (Lipinski definition) is 1. The number of aliphatic hydroxyl groups is 1. The zero-order valence-corrected chi connectivity index (χ0v) is 22.6. The van der Waals surface area contributed by atoms with Crippen molar-refractivity contribution in [2.45, 2.75) is 110 Å². The number of ketones is 1. The van der Waals surface area contributed by atoms with Gasteiger partial charge in [0.05, 0.1) is 17.3 Å². The Balaban J connectivity index is 1.42. The summed E-state index contributed by atoms with van der Waals surface area (Å²) < 4.78 is 12.0. The van der Waals surface area contributed by atoms with E-state index >= 15 is 0 Å². The quantitative estimate of drug-likeness (QED) is 0.417. The molecule has 0 radical (unpaired) electrons. The average molecular weight is 485 g/mol. The summed E-state index contributed by atoms with van der Waals surface area (Å²) in [6, 6.07) is 0. The van der Waals surface area contributed by atoms with E-state index in [-0.39, 0.29) is 51.7 Å². The molecule has 1 N–H and O–H groups in total. The summed E-state index contributed by atoms with van der Waals surface area (Å²) in [6.45, 7) is 14.8. The molecule has 5 aliphatic rings. The van der Waals surface area contributed by atoms with Crippen LogP contribution in [-0.2, 0) is 19.1 Å². The minimum atomic E-state index is -0.393. The van der Waals surface area contributed by atoms with Crippen molar-refractivity contribution in [3.63, 3.8) is 0 Å². The number of fused-ring (bicyclic) bond motifs is 5. The Bertz CT molecular complexity index is 979. The van der Waals surface area contributed by atoms with Gasteiger partial charge in [0.15, 0.2) is 5.78 Å². The van der Waals surface area contributed by atoms with Crippen LogP contribution in [0.2, 0.25) is 0 Å². The predicted molar refractivity (Wildman–Crippen MR) is 134 cm³/mol. The lowest BCUT2D eigenvalue weighted by Gasteiger charge is -2.59. The second kappa shape index (κ2) is 8.02. The van der Waals surface area contributed by atoms with Crippen LogP contribution in [0.3, 0.4) is 0 Å². The van der Waals surface area contributed by atoms with E-state index in [1.54, 1.807) is 12.2 Å². The van der Waals surface area contributed by atoms with Gasteiger partial charge in [-0.15, -0.1) is 0 Å². The molecule has 194 valence electrons. The van der Waals surface area contributed by atoms with E-state index in [1.165, 1.54) is 6.92 Å². The fraction of sp³-hybridized carbons (Fsp3) is 0.800. The van der Waals surface area contributed by atoms with Gasteiger partial charge in [0.2, 0.25) is 0 Å². The van der Waals surface area contributed by atoms with Gasteiger partial charge in [-0.05, 0) is 87.7 Å². The van der Waals surface area contributed by atoms with E-state index in [9.17, 15) is 14.7 Å². The van der Waals surface area contributed by atoms with Crippen LogP contribution >= 0.6 is 0 Å². The number of allylic oxidation sites excluding steroid dienone is 3. The van der Waals surface area contributed by atoms with Crippen LogP contribution in [0.1, 0.15) is 87.0 Å². The van der Waals surface area contributed by atoms with Gasteiger partial charge in [-0.25, -0.2) is 0 Å². The van der Waals surface area contributed by atoms with Gasteiger partial charge in [0.25, 0.3) is 0 Å². The van der Waals surface area contributed by atoms with Gasteiger partial charge in [-0.2, -0.15) is 0 Å². The molecule has 5 nitrogen and oxygen atoms in total. The lowest BCUT2D eigenvalue weighted by atomic mass is 9.46. The molecule has 0 bridgehead atoms.